The maximum Gasteiger partial charge on any atom is 0.272 e. The Balaban J connectivity index is 2.00. The van der Waals surface area contributed by atoms with Crippen molar-refractivity contribution in [3.8, 4) is 0 Å². The van der Waals surface area contributed by atoms with Crippen molar-refractivity contribution < 1.29 is 9.09 Å². The van der Waals surface area contributed by atoms with E-state index in [0.717, 1.165) is 21.5 Å². The van der Waals surface area contributed by atoms with E-state index in [-0.39, 0.29) is 0 Å². The van der Waals surface area contributed by atoms with Crippen LogP contribution in [0.1, 0.15) is 11.1 Å². The van der Waals surface area contributed by atoms with Gasteiger partial charge < -0.3 is 4.52 Å². The zero-order valence-electron chi connectivity index (χ0n) is 10.3. The van der Waals surface area contributed by atoms with E-state index in [0.29, 0.717) is 12.8 Å². The Kier molecular flexibility index (Phi) is 5.59. The lowest BCUT2D eigenvalue weighted by Crippen LogP contribution is -1.92. The molecule has 2 aromatic rings. The summed E-state index contributed by atoms with van der Waals surface area (Å²) in [5, 5.41) is 0. The molecule has 0 amide bonds. The number of hydrogen-bond acceptors (Lipinski definition) is 4. The molecule has 0 aromatic heterocycles. The highest BCUT2D eigenvalue weighted by molar-refractivity contribution is 8.94. The van der Waals surface area contributed by atoms with Gasteiger partial charge in [-0.1, -0.05) is 60.7 Å². The Bertz CT molecular complexity index is 546. The summed E-state index contributed by atoms with van der Waals surface area (Å²) in [6, 6.07) is 19.4. The summed E-state index contributed by atoms with van der Waals surface area (Å²) >= 11 is 4.11. The second-order valence-corrected chi connectivity index (χ2v) is 9.68. The first kappa shape index (κ1) is 14.7. The molecule has 0 fully saturated rings. The van der Waals surface area contributed by atoms with Gasteiger partial charge in [-0.05, 0) is 21.5 Å². The molecule has 2 rings (SSSR count). The summed E-state index contributed by atoms with van der Waals surface area (Å²) in [4.78, 5) is 0. The van der Waals surface area contributed by atoms with Crippen LogP contribution in [0.15, 0.2) is 60.7 Å². The summed E-state index contributed by atoms with van der Waals surface area (Å²) in [6.07, 6.45) is 0.398. The van der Waals surface area contributed by atoms with Gasteiger partial charge in [0.15, 0.2) is 0 Å². The SMILES string of the molecule is O=P(Cc1ccccc1)(OCc1ccccc1)SS. The number of hydrogen-bond donors (Lipinski definition) is 1. The lowest BCUT2D eigenvalue weighted by molar-refractivity contribution is 0.314. The van der Waals surface area contributed by atoms with Crippen molar-refractivity contribution in [3.63, 3.8) is 0 Å². The molecule has 0 spiro atoms. The molecular weight excluding hydrogens is 295 g/mol. The Morgan fingerprint density at radius 2 is 1.47 bits per heavy atom. The van der Waals surface area contributed by atoms with Crippen molar-refractivity contribution in [1.29, 1.82) is 0 Å². The van der Waals surface area contributed by atoms with Crippen LogP contribution < -0.4 is 0 Å². The molecule has 0 aliphatic heterocycles. The summed E-state index contributed by atoms with van der Waals surface area (Å²) in [5.41, 5.74) is 2.01. The second kappa shape index (κ2) is 7.20. The molecule has 0 bridgehead atoms. The van der Waals surface area contributed by atoms with E-state index >= 15 is 0 Å². The lowest BCUT2D eigenvalue weighted by atomic mass is 10.2. The Morgan fingerprint density at radius 3 is 2.00 bits per heavy atom. The third-order valence-corrected chi connectivity index (χ3v) is 7.83. The van der Waals surface area contributed by atoms with Gasteiger partial charge in [0, 0.05) is 0 Å². The van der Waals surface area contributed by atoms with Gasteiger partial charge in [0.25, 0.3) is 6.57 Å². The molecule has 2 aromatic carbocycles. The molecule has 0 aliphatic carbocycles. The van der Waals surface area contributed by atoms with E-state index in [1.807, 2.05) is 60.7 Å². The minimum absolute atomic E-state index is 0.346. The maximum atomic E-state index is 12.6. The van der Waals surface area contributed by atoms with Gasteiger partial charge in [-0.25, -0.2) is 0 Å². The Hall–Kier alpha value is -0.670. The Morgan fingerprint density at radius 1 is 0.947 bits per heavy atom. The molecule has 0 saturated carbocycles. The predicted molar refractivity (Wildman–Crippen MR) is 85.6 cm³/mol. The number of thiol groups is 1. The number of benzene rings is 2. The molecule has 5 heteroatoms. The van der Waals surface area contributed by atoms with E-state index < -0.39 is 6.57 Å². The summed E-state index contributed by atoms with van der Waals surface area (Å²) in [6.45, 7) is -2.46. The van der Waals surface area contributed by atoms with Gasteiger partial charge in [-0.2, -0.15) is 0 Å². The van der Waals surface area contributed by atoms with Crippen molar-refractivity contribution in [2.75, 3.05) is 0 Å². The van der Waals surface area contributed by atoms with Crippen molar-refractivity contribution in [1.82, 2.24) is 0 Å². The molecule has 2 nitrogen and oxygen atoms in total. The normalized spacial score (nSPS) is 13.9. The molecular formula is C14H15O2PS2. The van der Waals surface area contributed by atoms with E-state index in [4.69, 9.17) is 4.52 Å². The van der Waals surface area contributed by atoms with Crippen LogP contribution in [0.3, 0.4) is 0 Å². The minimum Gasteiger partial charge on any atom is -0.316 e. The van der Waals surface area contributed by atoms with Crippen molar-refractivity contribution in [2.45, 2.75) is 12.8 Å². The average molecular weight is 310 g/mol. The van der Waals surface area contributed by atoms with Gasteiger partial charge in [-0.15, -0.1) is 11.7 Å². The van der Waals surface area contributed by atoms with E-state index in [2.05, 4.69) is 11.7 Å². The quantitative estimate of drug-likeness (QED) is 0.452. The van der Waals surface area contributed by atoms with Crippen LogP contribution in [0, 0.1) is 0 Å². The molecule has 1 atom stereocenters. The molecule has 0 N–H and O–H groups in total. The fourth-order valence-corrected chi connectivity index (χ4v) is 4.72. The van der Waals surface area contributed by atoms with Gasteiger partial charge in [-0.3, -0.25) is 4.57 Å². The first-order valence-electron chi connectivity index (χ1n) is 5.86. The average Bonchev–Trinajstić information content (AvgIpc) is 2.47. The van der Waals surface area contributed by atoms with Crippen molar-refractivity contribution >= 4 is 28.6 Å². The smallest absolute Gasteiger partial charge is 0.272 e. The fraction of sp³-hybridized carbons (Fsp3) is 0.143. The standard InChI is InChI=1S/C14H15O2PS2/c15-17(19-18,12-14-9-5-2-6-10-14)16-11-13-7-3-1-4-8-13/h1-10,18H,11-12H2. The summed E-state index contributed by atoms with van der Waals surface area (Å²) in [7, 11) is 1.01. The van der Waals surface area contributed by atoms with Crippen LogP contribution in [-0.4, -0.2) is 0 Å². The van der Waals surface area contributed by atoms with Gasteiger partial charge >= 0.3 is 0 Å². The maximum absolute atomic E-state index is 12.6. The molecule has 0 aliphatic rings. The third kappa shape index (κ3) is 4.73. The molecule has 100 valence electrons. The van der Waals surface area contributed by atoms with Crippen LogP contribution in [0.5, 0.6) is 0 Å². The van der Waals surface area contributed by atoms with Crippen molar-refractivity contribution in [2.24, 2.45) is 0 Å². The van der Waals surface area contributed by atoms with Crippen molar-refractivity contribution in [3.05, 3.63) is 71.8 Å². The largest absolute Gasteiger partial charge is 0.316 e. The first-order chi connectivity index (χ1) is 9.22. The summed E-state index contributed by atoms with van der Waals surface area (Å²) in [5.74, 6) is 0. The van der Waals surface area contributed by atoms with Gasteiger partial charge in [0.2, 0.25) is 0 Å². The molecule has 1 unspecified atom stereocenters. The Labute approximate surface area is 122 Å². The molecule has 0 heterocycles. The number of rotatable bonds is 6. The third-order valence-electron chi connectivity index (χ3n) is 2.61. The van der Waals surface area contributed by atoms with Gasteiger partial charge in [0.05, 0.1) is 12.8 Å². The van der Waals surface area contributed by atoms with E-state index in [1.165, 1.54) is 0 Å². The second-order valence-electron chi connectivity index (χ2n) is 4.10. The monoisotopic (exact) mass is 310 g/mol. The highest BCUT2D eigenvalue weighted by atomic mass is 33.3. The lowest BCUT2D eigenvalue weighted by Gasteiger charge is -2.15. The minimum atomic E-state index is -2.81. The van der Waals surface area contributed by atoms with Crippen LogP contribution in [0.4, 0.5) is 0 Å². The molecule has 19 heavy (non-hydrogen) atoms. The summed E-state index contributed by atoms with van der Waals surface area (Å²) < 4.78 is 18.2. The zero-order chi connectivity index (χ0) is 13.6. The highest BCUT2D eigenvalue weighted by Gasteiger charge is 2.23. The molecule has 0 saturated heterocycles. The molecule has 0 radical (unpaired) electrons. The predicted octanol–water partition coefficient (Wildman–Crippen LogP) is 5.17. The topological polar surface area (TPSA) is 26.3 Å². The van der Waals surface area contributed by atoms with Crippen LogP contribution in [-0.2, 0) is 21.9 Å². The highest BCUT2D eigenvalue weighted by Crippen LogP contribution is 2.64. The van der Waals surface area contributed by atoms with Gasteiger partial charge in [0.1, 0.15) is 0 Å². The van der Waals surface area contributed by atoms with Crippen LogP contribution in [0.2, 0.25) is 0 Å². The fourth-order valence-electron chi connectivity index (χ4n) is 1.65. The van der Waals surface area contributed by atoms with Crippen LogP contribution in [0.25, 0.3) is 0 Å². The van der Waals surface area contributed by atoms with E-state index in [1.54, 1.807) is 0 Å². The van der Waals surface area contributed by atoms with Crippen LogP contribution >= 0.6 is 28.6 Å². The zero-order valence-corrected chi connectivity index (χ0v) is 12.9. The first-order valence-corrected chi connectivity index (χ1v) is 10.1. The van der Waals surface area contributed by atoms with E-state index in [9.17, 15) is 4.57 Å².